The van der Waals surface area contributed by atoms with E-state index in [1.807, 2.05) is 24.3 Å². The number of carbonyl (C=O) groups is 3. The molecule has 34 heavy (non-hydrogen) atoms. The van der Waals surface area contributed by atoms with Crippen LogP contribution >= 0.6 is 0 Å². The van der Waals surface area contributed by atoms with Crippen molar-refractivity contribution in [2.24, 2.45) is 35.5 Å². The largest absolute Gasteiger partial charge is 0.497 e. The van der Waals surface area contributed by atoms with Gasteiger partial charge in [-0.2, -0.15) is 0 Å². The Bertz CT molecular complexity index is 1150. The first-order valence-electron chi connectivity index (χ1n) is 11.7. The Kier molecular flexibility index (Phi) is 4.76. The van der Waals surface area contributed by atoms with Crippen LogP contribution in [0.2, 0.25) is 0 Å². The number of likely N-dealkylation sites (tertiary alicyclic amines) is 1. The molecule has 3 amide bonds. The van der Waals surface area contributed by atoms with Gasteiger partial charge in [-0.1, -0.05) is 12.2 Å². The molecule has 7 rings (SSSR count). The van der Waals surface area contributed by atoms with Gasteiger partial charge in [0.1, 0.15) is 23.3 Å². The molecule has 2 saturated carbocycles. The van der Waals surface area contributed by atoms with Crippen LogP contribution in [-0.2, 0) is 14.4 Å². The minimum Gasteiger partial charge on any atom is -0.497 e. The number of allylic oxidation sites excluding steroid dienone is 2. The lowest BCUT2D eigenvalue weighted by molar-refractivity contribution is -0.146. The molecule has 1 aliphatic heterocycles. The Hall–Kier alpha value is -3.61. The molecule has 0 unspecified atom stereocenters. The number of carbonyl (C=O) groups excluding carboxylic acids is 3. The number of anilines is 1. The number of amides is 3. The summed E-state index contributed by atoms with van der Waals surface area (Å²) in [5.74, 6) is 2.05. The van der Waals surface area contributed by atoms with Crippen LogP contribution in [-0.4, -0.2) is 35.8 Å². The van der Waals surface area contributed by atoms with E-state index in [9.17, 15) is 14.4 Å². The van der Waals surface area contributed by atoms with Crippen LogP contribution < -0.4 is 14.8 Å². The standard InChI is InChI=1S/C27H26N2O5/c1-14(29-26(31)23-19-11-12-20(22-13-21(19)22)24(23)27(29)32)25(30)28-15-3-5-17(6-4-15)34-18-9-7-16(33-2)8-10-18/h3-12,14,19-24H,13H2,1-2H3,(H,28,30)/t14-,19-,20-,21-,22-,23-,24+/m0/s1. The Labute approximate surface area is 197 Å². The van der Waals surface area contributed by atoms with E-state index in [0.29, 0.717) is 29.0 Å². The fourth-order valence-corrected chi connectivity index (χ4v) is 6.11. The lowest BCUT2D eigenvalue weighted by Gasteiger charge is -2.37. The van der Waals surface area contributed by atoms with Crippen molar-refractivity contribution in [3.05, 3.63) is 60.7 Å². The van der Waals surface area contributed by atoms with Crippen molar-refractivity contribution in [2.45, 2.75) is 19.4 Å². The van der Waals surface area contributed by atoms with Crippen molar-refractivity contribution in [3.63, 3.8) is 0 Å². The lowest BCUT2D eigenvalue weighted by Crippen LogP contribution is -2.46. The molecule has 7 atom stereocenters. The van der Waals surface area contributed by atoms with Gasteiger partial charge in [0.15, 0.2) is 0 Å². The first-order valence-corrected chi connectivity index (χ1v) is 11.7. The maximum Gasteiger partial charge on any atom is 0.247 e. The summed E-state index contributed by atoms with van der Waals surface area (Å²) >= 11 is 0. The molecule has 3 fully saturated rings. The van der Waals surface area contributed by atoms with Gasteiger partial charge in [0.05, 0.1) is 18.9 Å². The van der Waals surface area contributed by atoms with E-state index in [0.717, 1.165) is 12.2 Å². The van der Waals surface area contributed by atoms with Crippen molar-refractivity contribution in [3.8, 4) is 17.2 Å². The summed E-state index contributed by atoms with van der Waals surface area (Å²) in [5.41, 5.74) is 0.568. The van der Waals surface area contributed by atoms with Crippen LogP contribution in [0.3, 0.4) is 0 Å². The molecule has 174 valence electrons. The van der Waals surface area contributed by atoms with Gasteiger partial charge in [-0.05, 0) is 85.5 Å². The summed E-state index contributed by atoms with van der Waals surface area (Å²) < 4.78 is 11.0. The number of hydrogen-bond donors (Lipinski definition) is 1. The zero-order valence-electron chi connectivity index (χ0n) is 19.0. The second kappa shape index (κ2) is 7.72. The average molecular weight is 459 g/mol. The molecule has 0 spiro atoms. The number of nitrogens with one attached hydrogen (secondary N) is 1. The summed E-state index contributed by atoms with van der Waals surface area (Å²) in [7, 11) is 1.61. The number of hydrogen-bond acceptors (Lipinski definition) is 5. The van der Waals surface area contributed by atoms with Gasteiger partial charge in [-0.25, -0.2) is 0 Å². The fourth-order valence-electron chi connectivity index (χ4n) is 6.11. The topological polar surface area (TPSA) is 84.9 Å². The Balaban J connectivity index is 1.11. The SMILES string of the molecule is COc1ccc(Oc2ccc(NC(=O)[C@H](C)N3C(=O)[C@@H]4[C@H]5C=C[C@@H]([C@@H]6C[C@@H]56)[C@@H]4C3=O)cc2)cc1. The number of ether oxygens (including phenoxy) is 2. The van der Waals surface area contributed by atoms with E-state index in [2.05, 4.69) is 17.5 Å². The molecule has 1 N–H and O–H groups in total. The highest BCUT2D eigenvalue weighted by Crippen LogP contribution is 2.65. The molecule has 1 heterocycles. The smallest absolute Gasteiger partial charge is 0.247 e. The van der Waals surface area contributed by atoms with Crippen molar-refractivity contribution < 1.29 is 23.9 Å². The van der Waals surface area contributed by atoms with Crippen LogP contribution in [0.4, 0.5) is 5.69 Å². The van der Waals surface area contributed by atoms with Crippen LogP contribution in [0.1, 0.15) is 13.3 Å². The second-order valence-electron chi connectivity index (χ2n) is 9.67. The van der Waals surface area contributed by atoms with Crippen molar-refractivity contribution >= 4 is 23.4 Å². The molecule has 1 saturated heterocycles. The highest BCUT2D eigenvalue weighted by molar-refractivity contribution is 6.10. The molecule has 7 nitrogen and oxygen atoms in total. The second-order valence-corrected chi connectivity index (χ2v) is 9.67. The van der Waals surface area contributed by atoms with Crippen molar-refractivity contribution in [2.75, 3.05) is 12.4 Å². The maximum absolute atomic E-state index is 13.2. The first kappa shape index (κ1) is 21.0. The predicted molar refractivity (Wildman–Crippen MR) is 124 cm³/mol. The summed E-state index contributed by atoms with van der Waals surface area (Å²) in [6.45, 7) is 1.62. The van der Waals surface area contributed by atoms with E-state index < -0.39 is 6.04 Å². The van der Waals surface area contributed by atoms with E-state index in [4.69, 9.17) is 9.47 Å². The highest BCUT2D eigenvalue weighted by Gasteiger charge is 2.67. The zero-order chi connectivity index (χ0) is 23.6. The minimum atomic E-state index is -0.864. The predicted octanol–water partition coefficient (Wildman–Crippen LogP) is 3.87. The quantitative estimate of drug-likeness (QED) is 0.525. The van der Waals surface area contributed by atoms with Gasteiger partial charge >= 0.3 is 0 Å². The van der Waals surface area contributed by atoms with Gasteiger partial charge < -0.3 is 14.8 Å². The summed E-state index contributed by atoms with van der Waals surface area (Å²) in [6, 6.07) is 13.3. The lowest BCUT2D eigenvalue weighted by atomic mass is 9.63. The van der Waals surface area contributed by atoms with E-state index >= 15 is 0 Å². The average Bonchev–Trinajstić information content (AvgIpc) is 3.63. The number of nitrogens with zero attached hydrogens (tertiary/aromatic N) is 1. The van der Waals surface area contributed by atoms with Gasteiger partial charge in [-0.3, -0.25) is 19.3 Å². The minimum absolute atomic E-state index is 0.148. The third-order valence-electron chi connectivity index (χ3n) is 7.88. The Morgan fingerprint density at radius 3 is 1.91 bits per heavy atom. The number of rotatable bonds is 6. The highest BCUT2D eigenvalue weighted by atomic mass is 16.5. The van der Waals surface area contributed by atoms with Crippen molar-refractivity contribution in [1.29, 1.82) is 0 Å². The molecule has 5 aliphatic rings. The van der Waals surface area contributed by atoms with Gasteiger partial charge in [0, 0.05) is 5.69 Å². The normalized spacial score (nSPS) is 31.1. The van der Waals surface area contributed by atoms with Crippen LogP contribution in [0.5, 0.6) is 17.2 Å². The fraction of sp³-hybridized carbons (Fsp3) is 0.370. The van der Waals surface area contributed by atoms with Gasteiger partial charge in [0.2, 0.25) is 17.7 Å². The number of benzene rings is 2. The molecular weight excluding hydrogens is 432 g/mol. The molecule has 4 aliphatic carbocycles. The van der Waals surface area contributed by atoms with E-state index in [-0.39, 0.29) is 41.4 Å². The van der Waals surface area contributed by atoms with Crippen LogP contribution in [0, 0.1) is 35.5 Å². The number of methoxy groups -OCH3 is 1. The summed E-state index contributed by atoms with van der Waals surface area (Å²) in [5, 5.41) is 2.83. The Morgan fingerprint density at radius 1 is 0.882 bits per heavy atom. The van der Waals surface area contributed by atoms with Gasteiger partial charge in [0.25, 0.3) is 0 Å². The third kappa shape index (κ3) is 3.22. The molecule has 0 aromatic heterocycles. The van der Waals surface area contributed by atoms with Gasteiger partial charge in [-0.15, -0.1) is 0 Å². The molecule has 2 aromatic rings. The monoisotopic (exact) mass is 458 g/mol. The molecule has 7 heteroatoms. The summed E-state index contributed by atoms with van der Waals surface area (Å²) in [6.07, 6.45) is 5.38. The summed E-state index contributed by atoms with van der Waals surface area (Å²) in [4.78, 5) is 40.6. The van der Waals surface area contributed by atoms with Crippen molar-refractivity contribution in [1.82, 2.24) is 4.90 Å². The third-order valence-corrected chi connectivity index (χ3v) is 7.88. The maximum atomic E-state index is 13.2. The molecule has 2 aromatic carbocycles. The number of imide groups is 1. The van der Waals surface area contributed by atoms with E-state index in [1.54, 1.807) is 38.3 Å². The molecule has 0 radical (unpaired) electrons. The van der Waals surface area contributed by atoms with E-state index in [1.165, 1.54) is 4.90 Å². The first-order chi connectivity index (χ1) is 16.5. The molecular formula is C27H26N2O5. The zero-order valence-corrected chi connectivity index (χ0v) is 19.0. The Morgan fingerprint density at radius 2 is 1.38 bits per heavy atom. The van der Waals surface area contributed by atoms with Crippen LogP contribution in [0.25, 0.3) is 0 Å². The van der Waals surface area contributed by atoms with Crippen LogP contribution in [0.15, 0.2) is 60.7 Å². The molecule has 2 bridgehead atoms.